The topological polar surface area (TPSA) is 94.0 Å². The van der Waals surface area contributed by atoms with Crippen molar-refractivity contribution < 1.29 is 0 Å². The van der Waals surface area contributed by atoms with Crippen LogP contribution in [0.4, 0.5) is 5.95 Å². The van der Waals surface area contributed by atoms with E-state index in [1.807, 2.05) is 43.6 Å². The maximum absolute atomic E-state index is 5.58. The number of nitrogens with one attached hydrogen (secondary N) is 1. The first-order chi connectivity index (χ1) is 12.7. The highest BCUT2D eigenvalue weighted by Gasteiger charge is 2.13. The van der Waals surface area contributed by atoms with Crippen LogP contribution >= 0.6 is 0 Å². The summed E-state index contributed by atoms with van der Waals surface area (Å²) in [5.41, 5.74) is 10.0. The number of pyridine rings is 2. The van der Waals surface area contributed by atoms with Gasteiger partial charge in [0.25, 0.3) is 0 Å². The normalized spacial score (nSPS) is 14.0. The predicted octanol–water partition coefficient (Wildman–Crippen LogP) is 2.68. The van der Waals surface area contributed by atoms with E-state index < -0.39 is 0 Å². The van der Waals surface area contributed by atoms with E-state index in [0.717, 1.165) is 33.8 Å². The third-order valence-corrected chi connectivity index (χ3v) is 4.68. The third kappa shape index (κ3) is 3.21. The Labute approximate surface area is 151 Å². The highest BCUT2D eigenvalue weighted by Crippen LogP contribution is 2.24. The third-order valence-electron chi connectivity index (χ3n) is 4.68. The van der Waals surface area contributed by atoms with Gasteiger partial charge in [-0.05, 0) is 50.2 Å². The van der Waals surface area contributed by atoms with Crippen LogP contribution in [0.1, 0.15) is 19.3 Å². The molecular formula is C19H21N7. The largest absolute Gasteiger partial charge is 0.367 e. The van der Waals surface area contributed by atoms with Crippen molar-refractivity contribution in [3.63, 3.8) is 0 Å². The van der Waals surface area contributed by atoms with Gasteiger partial charge in [-0.25, -0.2) is 14.5 Å². The zero-order valence-corrected chi connectivity index (χ0v) is 14.6. The Kier molecular flexibility index (Phi) is 4.45. The molecule has 1 aliphatic carbocycles. The number of nitrogens with zero attached hydrogens (tertiary/aromatic N) is 5. The molecule has 0 aliphatic heterocycles. The van der Waals surface area contributed by atoms with Gasteiger partial charge >= 0.3 is 0 Å². The molecule has 0 saturated heterocycles. The van der Waals surface area contributed by atoms with Gasteiger partial charge in [-0.15, -0.1) is 5.10 Å². The van der Waals surface area contributed by atoms with Crippen LogP contribution in [0.5, 0.6) is 0 Å². The van der Waals surface area contributed by atoms with Crippen LogP contribution in [-0.4, -0.2) is 37.7 Å². The molecule has 7 nitrogen and oxygen atoms in total. The van der Waals surface area contributed by atoms with Gasteiger partial charge in [0.2, 0.25) is 5.95 Å². The van der Waals surface area contributed by atoms with Crippen LogP contribution in [0.2, 0.25) is 0 Å². The molecule has 0 atom stereocenters. The lowest BCUT2D eigenvalue weighted by molar-refractivity contribution is 0.361. The number of nitrogen functional groups attached to an aromatic ring is 1. The van der Waals surface area contributed by atoms with Crippen LogP contribution in [0.3, 0.4) is 0 Å². The second-order valence-corrected chi connectivity index (χ2v) is 6.33. The number of aromatic nitrogens is 5. The summed E-state index contributed by atoms with van der Waals surface area (Å²) in [6.07, 6.45) is 9.54. The molecule has 0 unspecified atom stereocenters. The van der Waals surface area contributed by atoms with Gasteiger partial charge in [-0.3, -0.25) is 4.98 Å². The van der Waals surface area contributed by atoms with Crippen LogP contribution in [-0.2, 0) is 0 Å². The molecule has 1 aliphatic rings. The summed E-state index contributed by atoms with van der Waals surface area (Å²) < 4.78 is 1.70. The Morgan fingerprint density at radius 1 is 1.12 bits per heavy atom. The zero-order chi connectivity index (χ0) is 17.9. The van der Waals surface area contributed by atoms with E-state index in [2.05, 4.69) is 25.4 Å². The molecular weight excluding hydrogens is 326 g/mol. The van der Waals surface area contributed by atoms with Crippen molar-refractivity contribution in [1.82, 2.24) is 29.9 Å². The Hall–Kier alpha value is -3.06. The molecule has 132 valence electrons. The van der Waals surface area contributed by atoms with Crippen molar-refractivity contribution in [1.29, 1.82) is 0 Å². The summed E-state index contributed by atoms with van der Waals surface area (Å²) in [5.74, 6) is 0.246. The number of nitrogens with two attached hydrogens (primary N) is 1. The summed E-state index contributed by atoms with van der Waals surface area (Å²) in [4.78, 5) is 12.9. The van der Waals surface area contributed by atoms with Gasteiger partial charge in [0, 0.05) is 24.0 Å². The first-order valence-electron chi connectivity index (χ1n) is 8.74. The molecule has 4 heterocycles. The van der Waals surface area contributed by atoms with Crippen molar-refractivity contribution in [2.24, 2.45) is 0 Å². The smallest absolute Gasteiger partial charge is 0.238 e. The standard InChI is InChI=1S/C14H10N6.C5H11N/c15-14-17-8-13-9(5-7-20(13)19-14)10-3-4-11-12(18-10)2-1-6-16-11;1-6-5-3-2-4-5/h1-8H,(H2,15,19);5-6H,2-4H2,1H3. The van der Waals surface area contributed by atoms with E-state index in [1.54, 1.807) is 16.9 Å². The Morgan fingerprint density at radius 2 is 2.00 bits per heavy atom. The monoisotopic (exact) mass is 347 g/mol. The van der Waals surface area contributed by atoms with Crippen molar-refractivity contribution >= 4 is 22.5 Å². The maximum Gasteiger partial charge on any atom is 0.238 e. The number of hydrogen-bond donors (Lipinski definition) is 2. The number of fused-ring (bicyclic) bond motifs is 2. The van der Waals surface area contributed by atoms with Crippen molar-refractivity contribution in [2.75, 3.05) is 12.8 Å². The molecule has 0 amide bonds. The van der Waals surface area contributed by atoms with Crippen molar-refractivity contribution in [3.05, 3.63) is 48.9 Å². The summed E-state index contributed by atoms with van der Waals surface area (Å²) in [6, 6.07) is 10.5. The average molecular weight is 347 g/mol. The Bertz CT molecular complexity index is 1030. The Morgan fingerprint density at radius 3 is 2.73 bits per heavy atom. The minimum Gasteiger partial charge on any atom is -0.367 e. The lowest BCUT2D eigenvalue weighted by Gasteiger charge is -2.23. The molecule has 0 aromatic carbocycles. The predicted molar refractivity (Wildman–Crippen MR) is 103 cm³/mol. The van der Waals surface area contributed by atoms with Crippen LogP contribution in [0.15, 0.2) is 48.9 Å². The van der Waals surface area contributed by atoms with Gasteiger partial charge in [0.05, 0.1) is 28.4 Å². The number of hydrogen-bond acceptors (Lipinski definition) is 6. The molecule has 3 N–H and O–H groups in total. The van der Waals surface area contributed by atoms with Crippen LogP contribution in [0, 0.1) is 0 Å². The van der Waals surface area contributed by atoms with Crippen molar-refractivity contribution in [2.45, 2.75) is 25.3 Å². The lowest BCUT2D eigenvalue weighted by atomic mass is 9.94. The van der Waals surface area contributed by atoms with Crippen molar-refractivity contribution in [3.8, 4) is 11.3 Å². The molecule has 0 spiro atoms. The molecule has 0 radical (unpaired) electrons. The summed E-state index contributed by atoms with van der Waals surface area (Å²) in [5, 5.41) is 7.33. The number of rotatable bonds is 2. The van der Waals surface area contributed by atoms with Gasteiger partial charge < -0.3 is 11.1 Å². The van der Waals surface area contributed by atoms with E-state index in [0.29, 0.717) is 0 Å². The SMILES string of the molecule is CNC1CCC1.Nc1ncc2c(-c3ccc4ncccc4n3)ccn2n1. The van der Waals surface area contributed by atoms with E-state index in [9.17, 15) is 0 Å². The average Bonchev–Trinajstić information content (AvgIpc) is 3.04. The fourth-order valence-corrected chi connectivity index (χ4v) is 2.93. The van der Waals surface area contributed by atoms with E-state index in [-0.39, 0.29) is 5.95 Å². The molecule has 4 aromatic heterocycles. The summed E-state index contributed by atoms with van der Waals surface area (Å²) in [7, 11) is 2.03. The van der Waals surface area contributed by atoms with Gasteiger partial charge in [0.15, 0.2) is 0 Å². The molecule has 0 bridgehead atoms. The first-order valence-corrected chi connectivity index (χ1v) is 8.74. The molecule has 26 heavy (non-hydrogen) atoms. The van der Waals surface area contributed by atoms with Gasteiger partial charge in [-0.2, -0.15) is 0 Å². The second-order valence-electron chi connectivity index (χ2n) is 6.33. The minimum atomic E-state index is 0.246. The lowest BCUT2D eigenvalue weighted by Crippen LogP contribution is -2.31. The van der Waals surface area contributed by atoms with Crippen LogP contribution in [0.25, 0.3) is 27.8 Å². The molecule has 5 rings (SSSR count). The highest BCUT2D eigenvalue weighted by molar-refractivity contribution is 5.83. The fourth-order valence-electron chi connectivity index (χ4n) is 2.93. The molecule has 4 aromatic rings. The summed E-state index contributed by atoms with van der Waals surface area (Å²) >= 11 is 0. The Balaban J connectivity index is 0.000000240. The van der Waals surface area contributed by atoms with Crippen LogP contribution < -0.4 is 11.1 Å². The van der Waals surface area contributed by atoms with E-state index in [4.69, 9.17) is 5.73 Å². The quantitative estimate of drug-likeness (QED) is 0.579. The first kappa shape index (κ1) is 16.4. The molecule has 1 fully saturated rings. The van der Waals surface area contributed by atoms with Gasteiger partial charge in [0.1, 0.15) is 0 Å². The maximum atomic E-state index is 5.58. The zero-order valence-electron chi connectivity index (χ0n) is 14.6. The van der Waals surface area contributed by atoms with Gasteiger partial charge in [-0.1, -0.05) is 6.42 Å². The second kappa shape index (κ2) is 7.05. The minimum absolute atomic E-state index is 0.246. The molecule has 1 saturated carbocycles. The van der Waals surface area contributed by atoms with E-state index >= 15 is 0 Å². The summed E-state index contributed by atoms with van der Waals surface area (Å²) in [6.45, 7) is 0. The van der Waals surface area contributed by atoms with E-state index in [1.165, 1.54) is 19.3 Å². The number of anilines is 1. The highest BCUT2D eigenvalue weighted by atomic mass is 15.3. The molecule has 7 heteroatoms. The fraction of sp³-hybridized carbons (Fsp3) is 0.263.